The van der Waals surface area contributed by atoms with Gasteiger partial charge in [0.2, 0.25) is 0 Å². The molecule has 2 aromatic rings. The molecule has 9 heteroatoms. The number of hydrogen-bond donors (Lipinski definition) is 3. The standard InChI is InChI=1S/C16H21N5O3S/c1-21(2)14(22)12-8-10(4-5-13(12)24-3)20-16(23)18-7-6-11-9-25-15(17)19-11/h4-5,8-9H,6-7H2,1-3H3,(H2,17,19)(H2,18,20,23). The van der Waals surface area contributed by atoms with E-state index in [1.165, 1.54) is 23.3 Å². The summed E-state index contributed by atoms with van der Waals surface area (Å²) in [6, 6.07) is 4.54. The highest BCUT2D eigenvalue weighted by Gasteiger charge is 2.15. The number of nitrogens with zero attached hydrogens (tertiary/aromatic N) is 2. The van der Waals surface area contributed by atoms with E-state index in [1.54, 1.807) is 32.3 Å². The molecule has 2 rings (SSSR count). The van der Waals surface area contributed by atoms with Crippen LogP contribution in [-0.2, 0) is 6.42 Å². The van der Waals surface area contributed by atoms with Gasteiger partial charge in [0.15, 0.2) is 5.13 Å². The summed E-state index contributed by atoms with van der Waals surface area (Å²) in [7, 11) is 4.80. The first kappa shape index (κ1) is 18.5. The maximum absolute atomic E-state index is 12.2. The van der Waals surface area contributed by atoms with Crippen molar-refractivity contribution in [2.24, 2.45) is 0 Å². The van der Waals surface area contributed by atoms with Crippen molar-refractivity contribution in [3.8, 4) is 5.75 Å². The second-order valence-corrected chi connectivity index (χ2v) is 6.31. The molecular weight excluding hydrogens is 342 g/mol. The third-order valence-corrected chi connectivity index (χ3v) is 4.05. The van der Waals surface area contributed by atoms with E-state index in [-0.39, 0.29) is 11.9 Å². The molecule has 4 N–H and O–H groups in total. The van der Waals surface area contributed by atoms with Gasteiger partial charge < -0.3 is 26.0 Å². The molecule has 0 radical (unpaired) electrons. The zero-order valence-corrected chi connectivity index (χ0v) is 15.1. The normalized spacial score (nSPS) is 10.2. The van der Waals surface area contributed by atoms with Gasteiger partial charge in [0.25, 0.3) is 5.91 Å². The van der Waals surface area contributed by atoms with Crippen LogP contribution in [0.2, 0.25) is 0 Å². The van der Waals surface area contributed by atoms with E-state index in [1.807, 2.05) is 5.38 Å². The molecule has 0 saturated heterocycles. The van der Waals surface area contributed by atoms with Gasteiger partial charge in [-0.2, -0.15) is 0 Å². The highest BCUT2D eigenvalue weighted by molar-refractivity contribution is 7.13. The van der Waals surface area contributed by atoms with Crippen LogP contribution >= 0.6 is 11.3 Å². The van der Waals surface area contributed by atoms with E-state index in [0.717, 1.165) is 5.69 Å². The molecule has 0 fully saturated rings. The van der Waals surface area contributed by atoms with Gasteiger partial charge in [-0.3, -0.25) is 4.79 Å². The Morgan fingerprint density at radius 2 is 2.12 bits per heavy atom. The van der Waals surface area contributed by atoms with Gasteiger partial charge in [0.05, 0.1) is 18.4 Å². The fourth-order valence-electron chi connectivity index (χ4n) is 2.11. The Morgan fingerprint density at radius 3 is 2.72 bits per heavy atom. The lowest BCUT2D eigenvalue weighted by molar-refractivity contribution is 0.0824. The summed E-state index contributed by atoms with van der Waals surface area (Å²) >= 11 is 1.37. The van der Waals surface area contributed by atoms with Gasteiger partial charge in [-0.15, -0.1) is 11.3 Å². The third-order valence-electron chi connectivity index (χ3n) is 3.33. The van der Waals surface area contributed by atoms with E-state index in [0.29, 0.717) is 35.1 Å². The first-order valence-corrected chi connectivity index (χ1v) is 8.43. The highest BCUT2D eigenvalue weighted by Crippen LogP contribution is 2.23. The SMILES string of the molecule is COc1ccc(NC(=O)NCCc2csc(N)n2)cc1C(=O)N(C)C. The zero-order valence-electron chi connectivity index (χ0n) is 14.3. The van der Waals surface area contributed by atoms with Crippen molar-refractivity contribution in [2.75, 3.05) is 38.8 Å². The molecule has 8 nitrogen and oxygen atoms in total. The summed E-state index contributed by atoms with van der Waals surface area (Å²) < 4.78 is 5.20. The summed E-state index contributed by atoms with van der Waals surface area (Å²) in [6.45, 7) is 0.425. The number of urea groups is 1. The van der Waals surface area contributed by atoms with E-state index in [2.05, 4.69) is 15.6 Å². The molecular formula is C16H21N5O3S. The lowest BCUT2D eigenvalue weighted by Gasteiger charge is -2.15. The number of carbonyl (C=O) groups is 2. The van der Waals surface area contributed by atoms with Crippen LogP contribution in [0.15, 0.2) is 23.6 Å². The number of thiazole rings is 1. The van der Waals surface area contributed by atoms with Crippen LogP contribution in [0.4, 0.5) is 15.6 Å². The molecule has 0 atom stereocenters. The van der Waals surface area contributed by atoms with Crippen LogP contribution in [-0.4, -0.2) is 49.6 Å². The molecule has 1 aromatic heterocycles. The Kier molecular flexibility index (Phi) is 6.18. The smallest absolute Gasteiger partial charge is 0.319 e. The average molecular weight is 363 g/mol. The van der Waals surface area contributed by atoms with Crippen molar-refractivity contribution < 1.29 is 14.3 Å². The van der Waals surface area contributed by atoms with Crippen molar-refractivity contribution in [3.05, 3.63) is 34.8 Å². The number of methoxy groups -OCH3 is 1. The molecule has 134 valence electrons. The lowest BCUT2D eigenvalue weighted by Crippen LogP contribution is -2.30. The molecule has 1 heterocycles. The molecule has 1 aromatic carbocycles. The molecule has 0 aliphatic rings. The molecule has 25 heavy (non-hydrogen) atoms. The third kappa shape index (κ3) is 5.08. The van der Waals surface area contributed by atoms with Gasteiger partial charge >= 0.3 is 6.03 Å². The molecule has 0 aliphatic carbocycles. The van der Waals surface area contributed by atoms with Gasteiger partial charge in [-0.05, 0) is 18.2 Å². The first-order valence-electron chi connectivity index (χ1n) is 7.55. The predicted molar refractivity (Wildman–Crippen MR) is 98.3 cm³/mol. The molecule has 0 bridgehead atoms. The number of nitrogen functional groups attached to an aromatic ring is 1. The van der Waals surface area contributed by atoms with Gasteiger partial charge in [0, 0.05) is 38.1 Å². The number of nitrogens with two attached hydrogens (primary N) is 1. The minimum Gasteiger partial charge on any atom is -0.496 e. The van der Waals surface area contributed by atoms with E-state index in [4.69, 9.17) is 10.5 Å². The fourth-order valence-corrected chi connectivity index (χ4v) is 2.71. The van der Waals surface area contributed by atoms with Crippen molar-refractivity contribution >= 4 is 34.1 Å². The number of carbonyl (C=O) groups excluding carboxylic acids is 2. The van der Waals surface area contributed by atoms with E-state index < -0.39 is 0 Å². The van der Waals surface area contributed by atoms with Crippen LogP contribution in [0.3, 0.4) is 0 Å². The second-order valence-electron chi connectivity index (χ2n) is 5.42. The Labute approximate surface area is 150 Å². The van der Waals surface area contributed by atoms with Crippen LogP contribution in [0.1, 0.15) is 16.1 Å². The van der Waals surface area contributed by atoms with Gasteiger partial charge in [-0.25, -0.2) is 9.78 Å². The second kappa shape index (κ2) is 8.34. The van der Waals surface area contributed by atoms with Crippen LogP contribution in [0.5, 0.6) is 5.75 Å². The number of hydrogen-bond acceptors (Lipinski definition) is 6. The highest BCUT2D eigenvalue weighted by atomic mass is 32.1. The maximum Gasteiger partial charge on any atom is 0.319 e. The Morgan fingerprint density at radius 1 is 1.36 bits per heavy atom. The largest absolute Gasteiger partial charge is 0.496 e. The number of aromatic nitrogens is 1. The minimum atomic E-state index is -0.364. The monoisotopic (exact) mass is 363 g/mol. The summed E-state index contributed by atoms with van der Waals surface area (Å²) in [5.74, 6) is 0.243. The van der Waals surface area contributed by atoms with E-state index >= 15 is 0 Å². The summed E-state index contributed by atoms with van der Waals surface area (Å²) in [6.07, 6.45) is 0.591. The Balaban J connectivity index is 1.95. The number of rotatable bonds is 6. The zero-order chi connectivity index (χ0) is 18.4. The maximum atomic E-state index is 12.2. The minimum absolute atomic E-state index is 0.206. The topological polar surface area (TPSA) is 110 Å². The lowest BCUT2D eigenvalue weighted by atomic mass is 10.1. The van der Waals surface area contributed by atoms with Gasteiger partial charge in [0.1, 0.15) is 5.75 Å². The quantitative estimate of drug-likeness (QED) is 0.725. The van der Waals surface area contributed by atoms with E-state index in [9.17, 15) is 9.59 Å². The molecule has 3 amide bonds. The average Bonchev–Trinajstić information content (AvgIpc) is 2.99. The fraction of sp³-hybridized carbons (Fsp3) is 0.312. The van der Waals surface area contributed by atoms with Gasteiger partial charge in [-0.1, -0.05) is 0 Å². The van der Waals surface area contributed by atoms with Crippen molar-refractivity contribution in [1.82, 2.24) is 15.2 Å². The van der Waals surface area contributed by atoms with Crippen molar-refractivity contribution in [3.63, 3.8) is 0 Å². The summed E-state index contributed by atoms with van der Waals surface area (Å²) in [4.78, 5) is 29.8. The van der Waals surface area contributed by atoms with Crippen LogP contribution in [0, 0.1) is 0 Å². The van der Waals surface area contributed by atoms with Crippen LogP contribution < -0.4 is 21.1 Å². The molecule has 0 unspecified atom stereocenters. The number of nitrogens with one attached hydrogen (secondary N) is 2. The van der Waals surface area contributed by atoms with Crippen molar-refractivity contribution in [1.29, 1.82) is 0 Å². The molecule has 0 spiro atoms. The summed E-state index contributed by atoms with van der Waals surface area (Å²) in [5.41, 5.74) is 7.28. The predicted octanol–water partition coefficient (Wildman–Crippen LogP) is 1.80. The Hall–Kier alpha value is -2.81. The number of ether oxygens (including phenoxy) is 1. The number of anilines is 2. The van der Waals surface area contributed by atoms with Crippen molar-refractivity contribution in [2.45, 2.75) is 6.42 Å². The molecule has 0 saturated carbocycles. The number of amides is 3. The molecule has 0 aliphatic heterocycles. The Bertz CT molecular complexity index is 760. The van der Waals surface area contributed by atoms with Crippen LogP contribution in [0.25, 0.3) is 0 Å². The number of benzene rings is 1. The first-order chi connectivity index (χ1) is 11.9. The summed E-state index contributed by atoms with van der Waals surface area (Å²) in [5, 5.41) is 7.80.